The zero-order chi connectivity index (χ0) is 32.2. The summed E-state index contributed by atoms with van der Waals surface area (Å²) in [6.07, 6.45) is 2.87. The van der Waals surface area contributed by atoms with Crippen molar-refractivity contribution in [2.45, 2.75) is 81.2 Å². The third kappa shape index (κ3) is 5.79. The summed E-state index contributed by atoms with van der Waals surface area (Å²) >= 11 is 1.38. The van der Waals surface area contributed by atoms with Crippen molar-refractivity contribution >= 4 is 41.4 Å². The summed E-state index contributed by atoms with van der Waals surface area (Å²) in [6, 6.07) is -2.49. The van der Waals surface area contributed by atoms with Crippen LogP contribution >= 0.6 is 11.8 Å². The number of carbonyl (C=O) groups excluding carboxylic acids is 4. The highest BCUT2D eigenvalue weighted by Gasteiger charge is 2.60. The fraction of sp³-hybridized carbons (Fsp3) is 0.704. The van der Waals surface area contributed by atoms with Crippen LogP contribution in [0.5, 0.6) is 0 Å². The van der Waals surface area contributed by atoms with Crippen molar-refractivity contribution in [2.24, 2.45) is 23.3 Å². The average Bonchev–Trinajstić information content (AvgIpc) is 3.81. The highest BCUT2D eigenvalue weighted by atomic mass is 32.2. The van der Waals surface area contributed by atoms with Crippen LogP contribution in [0.2, 0.25) is 0 Å². The maximum Gasteiger partial charge on any atom is 0.353 e. The molecule has 0 spiro atoms. The number of tetrazole rings is 1. The summed E-state index contributed by atoms with van der Waals surface area (Å²) in [6.45, 7) is 5.30. The number of thioether (sulfide) groups is 1. The molecule has 5 aliphatic rings. The number of likely N-dealkylation sites (tertiary alicyclic amines) is 2. The van der Waals surface area contributed by atoms with Crippen LogP contribution in [0.1, 0.15) is 33.1 Å². The number of hydrogen-bond acceptors (Lipinski definition) is 12. The summed E-state index contributed by atoms with van der Waals surface area (Å²) in [5, 5.41) is 26.8. The van der Waals surface area contributed by atoms with Crippen LogP contribution in [0.15, 0.2) is 16.9 Å². The van der Waals surface area contributed by atoms with E-state index in [0.29, 0.717) is 43.9 Å². The minimum atomic E-state index is -1.19. The molecule has 4 fully saturated rings. The number of carboxylic acids is 1. The van der Waals surface area contributed by atoms with Gasteiger partial charge in [-0.05, 0) is 36.6 Å². The van der Waals surface area contributed by atoms with Gasteiger partial charge in [-0.2, -0.15) is 0 Å². The number of β-lactam (4-membered cyclic amide) rings is 1. The van der Waals surface area contributed by atoms with Gasteiger partial charge in [0.1, 0.15) is 24.6 Å². The van der Waals surface area contributed by atoms with Crippen molar-refractivity contribution in [3.63, 3.8) is 0 Å². The summed E-state index contributed by atoms with van der Waals surface area (Å²) in [5.74, 6) is -3.11. The number of nitrogens with one attached hydrogen (secondary N) is 2. The van der Waals surface area contributed by atoms with Gasteiger partial charge in [-0.15, -0.1) is 16.9 Å². The van der Waals surface area contributed by atoms with Gasteiger partial charge in [0.25, 0.3) is 0 Å². The van der Waals surface area contributed by atoms with E-state index in [4.69, 9.17) is 11.5 Å². The van der Waals surface area contributed by atoms with Crippen LogP contribution in [0.4, 0.5) is 0 Å². The zero-order valence-corrected chi connectivity index (χ0v) is 25.9. The lowest BCUT2D eigenvalue weighted by Gasteiger charge is -2.47. The predicted molar refractivity (Wildman–Crippen MR) is 158 cm³/mol. The lowest BCUT2D eigenvalue weighted by atomic mass is 9.78. The molecule has 7 N–H and O–H groups in total. The highest BCUT2D eigenvalue weighted by molar-refractivity contribution is 8.03. The molecule has 5 aliphatic heterocycles. The van der Waals surface area contributed by atoms with Gasteiger partial charge < -0.3 is 41.9 Å². The van der Waals surface area contributed by atoms with Gasteiger partial charge in [0, 0.05) is 60.4 Å². The number of fused-ring (bicyclic) bond motifs is 1. The quantitative estimate of drug-likeness (QED) is 0.168. The number of aliphatic carboxylic acids is 1. The molecule has 0 radical (unpaired) electrons. The zero-order valence-electron chi connectivity index (χ0n) is 25.1. The van der Waals surface area contributed by atoms with Gasteiger partial charge in [0.05, 0.1) is 18.0 Å². The van der Waals surface area contributed by atoms with E-state index in [-0.39, 0.29) is 59.1 Å². The molecule has 0 saturated carbocycles. The second-order valence-electron chi connectivity index (χ2n) is 12.7. The molecule has 1 unspecified atom stereocenters. The Kier molecular flexibility index (Phi) is 8.57. The molecule has 18 heteroatoms. The van der Waals surface area contributed by atoms with Crippen molar-refractivity contribution in [2.75, 3.05) is 26.2 Å². The summed E-state index contributed by atoms with van der Waals surface area (Å²) in [7, 11) is 0. The Labute approximate surface area is 263 Å². The number of aromatic nitrogens is 4. The molecule has 6 heterocycles. The summed E-state index contributed by atoms with van der Waals surface area (Å²) in [4.78, 5) is 70.4. The predicted octanol–water partition coefficient (Wildman–Crippen LogP) is -3.10. The Bertz CT molecular complexity index is 1410. The Morgan fingerprint density at radius 1 is 1.18 bits per heavy atom. The molecule has 45 heavy (non-hydrogen) atoms. The maximum atomic E-state index is 13.7. The molecule has 4 saturated heterocycles. The third-order valence-electron chi connectivity index (χ3n) is 9.54. The number of nitrogens with zero attached hydrogens (tertiary/aromatic N) is 7. The first-order valence-corrected chi connectivity index (χ1v) is 16.1. The van der Waals surface area contributed by atoms with Crippen LogP contribution in [-0.4, -0.2) is 137 Å². The minimum Gasteiger partial charge on any atom is -0.477 e. The van der Waals surface area contributed by atoms with Crippen LogP contribution in [0, 0.1) is 11.8 Å². The molecular formula is C27H39N11O6S. The van der Waals surface area contributed by atoms with Crippen molar-refractivity contribution in [1.29, 1.82) is 0 Å². The maximum absolute atomic E-state index is 13.7. The van der Waals surface area contributed by atoms with E-state index < -0.39 is 36.1 Å². The van der Waals surface area contributed by atoms with E-state index >= 15 is 0 Å². The molecule has 4 amide bonds. The number of carboxylic acid groups (broad SMARTS) is 1. The topological polar surface area (TPSA) is 235 Å². The standard InChI is InChI=1S/C27H39N11O6S/c1-12-21-20(13(2)32-19(39)10-36-11-31-33-34-36)26(42)38(21)22(27(43)44)23(12)45-16-6-17(30-7-16)24(40)37-9-15(29)5-18(37)25(41)35-4-3-14(28)8-35/h11-18,20-21,30H,3-10,28-29H2,1-2H3,(H,32,39)(H,43,44)/t12-,13-,14?,15-,16+,17+,18+,20-,21-/m1/s1. The first-order valence-electron chi connectivity index (χ1n) is 15.3. The number of rotatable bonds is 9. The minimum absolute atomic E-state index is 0.0410. The molecule has 0 aliphatic carbocycles. The second-order valence-corrected chi connectivity index (χ2v) is 14.0. The Balaban J connectivity index is 1.09. The lowest BCUT2D eigenvalue weighted by Crippen LogP contribution is -2.66. The largest absolute Gasteiger partial charge is 0.477 e. The number of hydrogen-bond donors (Lipinski definition) is 5. The Hall–Kier alpha value is -3.61. The van der Waals surface area contributed by atoms with Gasteiger partial charge in [-0.3, -0.25) is 19.2 Å². The fourth-order valence-corrected chi connectivity index (χ4v) is 8.87. The molecule has 1 aromatic rings. The molecule has 1 aromatic heterocycles. The Morgan fingerprint density at radius 2 is 1.96 bits per heavy atom. The normalized spacial score (nSPS) is 33.4. The monoisotopic (exact) mass is 645 g/mol. The molecule has 244 valence electrons. The van der Waals surface area contributed by atoms with E-state index in [1.165, 1.54) is 27.7 Å². The highest BCUT2D eigenvalue weighted by Crippen LogP contribution is 2.52. The van der Waals surface area contributed by atoms with Gasteiger partial charge in [-0.1, -0.05) is 6.92 Å². The van der Waals surface area contributed by atoms with E-state index in [0.717, 1.165) is 6.42 Å². The second kappa shape index (κ2) is 12.3. The van der Waals surface area contributed by atoms with Crippen molar-refractivity contribution in [1.82, 2.24) is 45.5 Å². The van der Waals surface area contributed by atoms with Crippen molar-refractivity contribution < 1.29 is 29.1 Å². The van der Waals surface area contributed by atoms with E-state index in [1.54, 1.807) is 16.7 Å². The van der Waals surface area contributed by atoms with E-state index in [2.05, 4.69) is 26.2 Å². The lowest BCUT2D eigenvalue weighted by molar-refractivity contribution is -0.158. The Morgan fingerprint density at radius 3 is 2.62 bits per heavy atom. The SMILES string of the molecule is C[C@@H](NC(=O)Cn1cnnn1)[C@H]1C(=O)N2C(C(=O)O)=C(S[C@@H]3CN[C@H](C(=O)N4C[C@H](N)C[C@H]4C(=O)N4CCC(N)C4)C3)[C@H](C)[C@H]12. The average molecular weight is 646 g/mol. The molecule has 9 atom stereocenters. The van der Waals surface area contributed by atoms with Crippen molar-refractivity contribution in [3.05, 3.63) is 16.9 Å². The number of nitrogens with two attached hydrogens (primary N) is 2. The smallest absolute Gasteiger partial charge is 0.353 e. The number of amides is 4. The van der Waals surface area contributed by atoms with Gasteiger partial charge in [0.2, 0.25) is 23.6 Å². The van der Waals surface area contributed by atoms with E-state index in [9.17, 15) is 29.1 Å². The molecule has 0 bridgehead atoms. The van der Waals surface area contributed by atoms with Gasteiger partial charge >= 0.3 is 5.97 Å². The third-order valence-corrected chi connectivity index (χ3v) is 11.0. The molecular weight excluding hydrogens is 606 g/mol. The summed E-state index contributed by atoms with van der Waals surface area (Å²) < 4.78 is 1.27. The van der Waals surface area contributed by atoms with Crippen LogP contribution < -0.4 is 22.1 Å². The number of carbonyl (C=O) groups is 5. The van der Waals surface area contributed by atoms with Gasteiger partial charge in [-0.25, -0.2) is 9.48 Å². The van der Waals surface area contributed by atoms with E-state index in [1.807, 2.05) is 6.92 Å². The molecule has 0 aromatic carbocycles. The molecule has 17 nitrogen and oxygen atoms in total. The van der Waals surface area contributed by atoms with Crippen LogP contribution in [0.25, 0.3) is 0 Å². The first-order chi connectivity index (χ1) is 21.4. The fourth-order valence-electron chi connectivity index (χ4n) is 7.39. The van der Waals surface area contributed by atoms with Crippen LogP contribution in [-0.2, 0) is 30.5 Å². The first kappa shape index (κ1) is 31.4. The van der Waals surface area contributed by atoms with Crippen LogP contribution in [0.3, 0.4) is 0 Å². The van der Waals surface area contributed by atoms with Crippen molar-refractivity contribution in [3.8, 4) is 0 Å². The summed E-state index contributed by atoms with van der Waals surface area (Å²) in [5.41, 5.74) is 12.2. The van der Waals surface area contributed by atoms with Gasteiger partial charge in [0.15, 0.2) is 0 Å². The molecule has 6 rings (SSSR count).